The van der Waals surface area contributed by atoms with E-state index in [2.05, 4.69) is 29.4 Å². The molecule has 0 aliphatic carbocycles. The van der Waals surface area contributed by atoms with Crippen LogP contribution >= 0.6 is 11.6 Å². The summed E-state index contributed by atoms with van der Waals surface area (Å²) in [5.41, 5.74) is 4.74. The van der Waals surface area contributed by atoms with E-state index in [9.17, 15) is 0 Å². The van der Waals surface area contributed by atoms with Crippen molar-refractivity contribution in [3.05, 3.63) is 34.6 Å². The van der Waals surface area contributed by atoms with Gasteiger partial charge < -0.3 is 4.57 Å². The van der Waals surface area contributed by atoms with Crippen molar-refractivity contribution < 1.29 is 0 Å². The van der Waals surface area contributed by atoms with Gasteiger partial charge in [0.05, 0.1) is 22.5 Å². The van der Waals surface area contributed by atoms with Crippen LogP contribution in [0.4, 0.5) is 0 Å². The fraction of sp³-hybridized carbons (Fsp3) is 0.538. The van der Waals surface area contributed by atoms with E-state index in [1.807, 2.05) is 22.5 Å². The SMILES string of the molecule is CCc1nn(CC)c(CC(NN)c2nccn2C)c1Cl. The number of rotatable bonds is 6. The summed E-state index contributed by atoms with van der Waals surface area (Å²) in [7, 11) is 1.95. The molecule has 2 rings (SSSR count). The fourth-order valence-corrected chi connectivity index (χ4v) is 2.69. The van der Waals surface area contributed by atoms with Gasteiger partial charge in [-0.25, -0.2) is 10.4 Å². The number of nitrogens with two attached hydrogens (primary N) is 1. The number of aryl methyl sites for hydroxylation is 3. The summed E-state index contributed by atoms with van der Waals surface area (Å²) >= 11 is 6.43. The first-order valence-electron chi connectivity index (χ1n) is 6.79. The fourth-order valence-electron chi connectivity index (χ4n) is 2.34. The second-order valence-electron chi connectivity index (χ2n) is 4.70. The number of hydrogen-bond acceptors (Lipinski definition) is 4. The lowest BCUT2D eigenvalue weighted by molar-refractivity contribution is 0.484. The van der Waals surface area contributed by atoms with Gasteiger partial charge in [0.15, 0.2) is 0 Å². The quantitative estimate of drug-likeness (QED) is 0.627. The maximum Gasteiger partial charge on any atom is 0.127 e. The third kappa shape index (κ3) is 2.72. The van der Waals surface area contributed by atoms with E-state index in [0.717, 1.165) is 35.2 Å². The molecule has 1 unspecified atom stereocenters. The Morgan fingerprint density at radius 3 is 2.70 bits per heavy atom. The number of hydrogen-bond donors (Lipinski definition) is 2. The molecule has 0 radical (unpaired) electrons. The Morgan fingerprint density at radius 2 is 2.20 bits per heavy atom. The Balaban J connectivity index is 2.32. The lowest BCUT2D eigenvalue weighted by Gasteiger charge is -2.16. The molecule has 7 heteroatoms. The van der Waals surface area contributed by atoms with Crippen LogP contribution in [0.3, 0.4) is 0 Å². The summed E-state index contributed by atoms with van der Waals surface area (Å²) in [6.45, 7) is 4.89. The van der Waals surface area contributed by atoms with Gasteiger partial charge in [0, 0.05) is 32.4 Å². The highest BCUT2D eigenvalue weighted by Gasteiger charge is 2.21. The molecule has 2 aromatic heterocycles. The van der Waals surface area contributed by atoms with Gasteiger partial charge >= 0.3 is 0 Å². The molecule has 6 nitrogen and oxygen atoms in total. The Labute approximate surface area is 123 Å². The number of nitrogens with zero attached hydrogens (tertiary/aromatic N) is 4. The molecule has 2 heterocycles. The highest BCUT2D eigenvalue weighted by molar-refractivity contribution is 6.31. The van der Waals surface area contributed by atoms with Crippen LogP contribution in [0.25, 0.3) is 0 Å². The molecule has 1 atom stereocenters. The van der Waals surface area contributed by atoms with Crippen LogP contribution in [-0.4, -0.2) is 19.3 Å². The topological polar surface area (TPSA) is 73.7 Å². The Hall–Kier alpha value is -1.37. The van der Waals surface area contributed by atoms with Crippen LogP contribution in [-0.2, 0) is 26.4 Å². The molecule has 0 fully saturated rings. The van der Waals surface area contributed by atoms with Gasteiger partial charge in [0.25, 0.3) is 0 Å². The molecule has 20 heavy (non-hydrogen) atoms. The number of hydrazine groups is 1. The minimum absolute atomic E-state index is 0.0980. The monoisotopic (exact) mass is 296 g/mol. The van der Waals surface area contributed by atoms with E-state index >= 15 is 0 Å². The van der Waals surface area contributed by atoms with Gasteiger partial charge in [-0.3, -0.25) is 10.5 Å². The molecular formula is C13H21ClN6. The Bertz CT molecular complexity index is 573. The molecule has 110 valence electrons. The normalized spacial score (nSPS) is 12.8. The zero-order valence-electron chi connectivity index (χ0n) is 12.1. The van der Waals surface area contributed by atoms with E-state index in [1.165, 1.54) is 0 Å². The minimum atomic E-state index is -0.0980. The summed E-state index contributed by atoms with van der Waals surface area (Å²) in [5, 5.41) is 5.27. The van der Waals surface area contributed by atoms with Crippen molar-refractivity contribution in [2.75, 3.05) is 0 Å². The first-order chi connectivity index (χ1) is 9.62. The summed E-state index contributed by atoms with van der Waals surface area (Å²) in [4.78, 5) is 4.34. The van der Waals surface area contributed by atoms with Crippen molar-refractivity contribution in [2.24, 2.45) is 12.9 Å². The van der Waals surface area contributed by atoms with Crippen LogP contribution in [0.5, 0.6) is 0 Å². The molecule has 0 aliphatic heterocycles. The average molecular weight is 297 g/mol. The number of aromatic nitrogens is 4. The summed E-state index contributed by atoms with van der Waals surface area (Å²) in [6.07, 6.45) is 5.13. The molecule has 0 saturated carbocycles. The standard InChI is InChI=1S/C13H21ClN6/c1-4-9-12(14)11(20(5-2)18-9)8-10(17-15)13-16-6-7-19(13)3/h6-7,10,17H,4-5,8,15H2,1-3H3. The van der Waals surface area contributed by atoms with Crippen molar-refractivity contribution in [3.63, 3.8) is 0 Å². The van der Waals surface area contributed by atoms with Crippen molar-refractivity contribution in [1.29, 1.82) is 0 Å². The van der Waals surface area contributed by atoms with E-state index in [-0.39, 0.29) is 6.04 Å². The summed E-state index contributed by atoms with van der Waals surface area (Å²) < 4.78 is 3.89. The van der Waals surface area contributed by atoms with E-state index < -0.39 is 0 Å². The maximum atomic E-state index is 6.43. The second-order valence-corrected chi connectivity index (χ2v) is 5.07. The first kappa shape index (κ1) is 15.0. The second kappa shape index (κ2) is 6.39. The predicted octanol–water partition coefficient (Wildman–Crippen LogP) is 1.60. The van der Waals surface area contributed by atoms with Gasteiger partial charge in [-0.15, -0.1) is 0 Å². The summed E-state index contributed by atoms with van der Waals surface area (Å²) in [5.74, 6) is 6.57. The maximum absolute atomic E-state index is 6.43. The number of halogens is 1. The molecule has 2 aromatic rings. The van der Waals surface area contributed by atoms with E-state index in [0.29, 0.717) is 6.42 Å². The molecule has 0 spiro atoms. The Morgan fingerprint density at radius 1 is 1.45 bits per heavy atom. The molecule has 3 N–H and O–H groups in total. The number of imidazole rings is 1. The molecule has 0 bridgehead atoms. The smallest absolute Gasteiger partial charge is 0.127 e. The first-order valence-corrected chi connectivity index (χ1v) is 7.17. The summed E-state index contributed by atoms with van der Waals surface area (Å²) in [6, 6.07) is -0.0980. The van der Waals surface area contributed by atoms with E-state index in [4.69, 9.17) is 17.4 Å². The van der Waals surface area contributed by atoms with Crippen LogP contribution in [0, 0.1) is 0 Å². The molecular weight excluding hydrogens is 276 g/mol. The van der Waals surface area contributed by atoms with Gasteiger partial charge in [-0.2, -0.15) is 5.10 Å². The van der Waals surface area contributed by atoms with Crippen molar-refractivity contribution >= 4 is 11.6 Å². The largest absolute Gasteiger partial charge is 0.337 e. The molecule has 0 amide bonds. The van der Waals surface area contributed by atoms with Crippen LogP contribution in [0.2, 0.25) is 5.02 Å². The van der Waals surface area contributed by atoms with Gasteiger partial charge in [-0.1, -0.05) is 18.5 Å². The zero-order chi connectivity index (χ0) is 14.7. The molecule has 0 saturated heterocycles. The van der Waals surface area contributed by atoms with Crippen molar-refractivity contribution in [2.45, 2.75) is 39.3 Å². The lowest BCUT2D eigenvalue weighted by Crippen LogP contribution is -2.32. The van der Waals surface area contributed by atoms with E-state index in [1.54, 1.807) is 6.20 Å². The minimum Gasteiger partial charge on any atom is -0.337 e. The Kier molecular flexibility index (Phi) is 4.80. The predicted molar refractivity (Wildman–Crippen MR) is 79.3 cm³/mol. The number of nitrogens with one attached hydrogen (secondary N) is 1. The van der Waals surface area contributed by atoms with Crippen LogP contribution in [0.15, 0.2) is 12.4 Å². The lowest BCUT2D eigenvalue weighted by atomic mass is 10.1. The molecule has 0 aromatic carbocycles. The van der Waals surface area contributed by atoms with Gasteiger partial charge in [-0.05, 0) is 13.3 Å². The van der Waals surface area contributed by atoms with Crippen LogP contribution < -0.4 is 11.3 Å². The highest BCUT2D eigenvalue weighted by Crippen LogP contribution is 2.26. The third-order valence-corrected chi connectivity index (χ3v) is 3.90. The van der Waals surface area contributed by atoms with Gasteiger partial charge in [0.2, 0.25) is 0 Å². The highest BCUT2D eigenvalue weighted by atomic mass is 35.5. The van der Waals surface area contributed by atoms with Crippen LogP contribution in [0.1, 0.15) is 37.1 Å². The molecule has 0 aliphatic rings. The van der Waals surface area contributed by atoms with Crippen molar-refractivity contribution in [3.8, 4) is 0 Å². The third-order valence-electron chi connectivity index (χ3n) is 3.46. The van der Waals surface area contributed by atoms with Crippen molar-refractivity contribution in [1.82, 2.24) is 24.8 Å². The van der Waals surface area contributed by atoms with Gasteiger partial charge in [0.1, 0.15) is 5.82 Å². The average Bonchev–Trinajstić information content (AvgIpc) is 3.00. The zero-order valence-corrected chi connectivity index (χ0v) is 12.9.